The standard InChI is InChI=1S/C20H19N5O4/c1-27-15-6-13(7-16(8-15)28-2)9-23-25-20(26)18-12-21-11-17(24-18)14-4-5-19(29-3)22-10-14/h4-12H,1-3H3,(H,25,26)/b23-9+. The van der Waals surface area contributed by atoms with Crippen molar-refractivity contribution < 1.29 is 19.0 Å². The number of hydrazone groups is 1. The van der Waals surface area contributed by atoms with Gasteiger partial charge in [0.1, 0.15) is 17.2 Å². The molecule has 1 amide bonds. The first-order chi connectivity index (χ1) is 14.1. The van der Waals surface area contributed by atoms with Gasteiger partial charge in [-0.05, 0) is 18.2 Å². The molecule has 9 nitrogen and oxygen atoms in total. The molecule has 3 rings (SSSR count). The van der Waals surface area contributed by atoms with Crippen LogP contribution in [0.15, 0.2) is 54.0 Å². The van der Waals surface area contributed by atoms with Crippen molar-refractivity contribution in [1.29, 1.82) is 0 Å². The Labute approximate surface area is 167 Å². The largest absolute Gasteiger partial charge is 0.497 e. The maximum Gasteiger partial charge on any atom is 0.291 e. The van der Waals surface area contributed by atoms with Gasteiger partial charge in [-0.3, -0.25) is 9.78 Å². The van der Waals surface area contributed by atoms with Gasteiger partial charge in [0.05, 0.1) is 45.6 Å². The van der Waals surface area contributed by atoms with Crippen LogP contribution in [0.4, 0.5) is 0 Å². The third-order valence-corrected chi connectivity index (χ3v) is 3.86. The van der Waals surface area contributed by atoms with Crippen LogP contribution in [0.2, 0.25) is 0 Å². The predicted octanol–water partition coefficient (Wildman–Crippen LogP) is 2.33. The minimum atomic E-state index is -0.494. The first-order valence-corrected chi connectivity index (χ1v) is 8.52. The number of carbonyl (C=O) groups excluding carboxylic acids is 1. The van der Waals surface area contributed by atoms with Gasteiger partial charge in [0, 0.05) is 29.5 Å². The van der Waals surface area contributed by atoms with E-state index in [0.29, 0.717) is 34.2 Å². The fraction of sp³-hybridized carbons (Fsp3) is 0.150. The Bertz CT molecular complexity index is 999. The molecule has 0 fully saturated rings. The van der Waals surface area contributed by atoms with Gasteiger partial charge >= 0.3 is 0 Å². The van der Waals surface area contributed by atoms with Crippen LogP contribution in [0.1, 0.15) is 16.1 Å². The number of nitrogens with zero attached hydrogens (tertiary/aromatic N) is 4. The minimum absolute atomic E-state index is 0.124. The van der Waals surface area contributed by atoms with Crippen LogP contribution in [0.25, 0.3) is 11.3 Å². The molecule has 0 aliphatic heterocycles. The number of carbonyl (C=O) groups is 1. The van der Waals surface area contributed by atoms with Crippen molar-refractivity contribution in [2.45, 2.75) is 0 Å². The summed E-state index contributed by atoms with van der Waals surface area (Å²) in [5.74, 6) is 1.22. The van der Waals surface area contributed by atoms with E-state index in [4.69, 9.17) is 14.2 Å². The van der Waals surface area contributed by atoms with Crippen molar-refractivity contribution in [3.05, 3.63) is 60.2 Å². The molecule has 0 spiro atoms. The predicted molar refractivity (Wildman–Crippen MR) is 106 cm³/mol. The van der Waals surface area contributed by atoms with Crippen molar-refractivity contribution in [2.24, 2.45) is 5.10 Å². The number of amides is 1. The summed E-state index contributed by atoms with van der Waals surface area (Å²) in [5.41, 5.74) is 4.47. The summed E-state index contributed by atoms with van der Waals surface area (Å²) in [4.78, 5) is 24.9. The van der Waals surface area contributed by atoms with Gasteiger partial charge in [-0.1, -0.05) is 0 Å². The third-order valence-electron chi connectivity index (χ3n) is 3.86. The normalized spacial score (nSPS) is 10.6. The number of methoxy groups -OCH3 is 3. The van der Waals surface area contributed by atoms with E-state index in [9.17, 15) is 4.79 Å². The first-order valence-electron chi connectivity index (χ1n) is 8.52. The summed E-state index contributed by atoms with van der Waals surface area (Å²) in [7, 11) is 4.65. The van der Waals surface area contributed by atoms with E-state index >= 15 is 0 Å². The lowest BCUT2D eigenvalue weighted by Crippen LogP contribution is -2.19. The van der Waals surface area contributed by atoms with Gasteiger partial charge in [-0.2, -0.15) is 5.10 Å². The van der Waals surface area contributed by atoms with Gasteiger partial charge in [-0.25, -0.2) is 15.4 Å². The minimum Gasteiger partial charge on any atom is -0.497 e. The third kappa shape index (κ3) is 5.04. The lowest BCUT2D eigenvalue weighted by Gasteiger charge is -2.06. The number of pyridine rings is 1. The molecule has 0 radical (unpaired) electrons. The van der Waals surface area contributed by atoms with E-state index in [1.54, 1.807) is 56.9 Å². The molecular weight excluding hydrogens is 374 g/mol. The molecule has 0 saturated heterocycles. The Morgan fingerprint density at radius 2 is 1.76 bits per heavy atom. The maximum absolute atomic E-state index is 12.4. The zero-order chi connectivity index (χ0) is 20.6. The molecule has 0 bridgehead atoms. The van der Waals surface area contributed by atoms with E-state index in [-0.39, 0.29) is 5.69 Å². The number of rotatable bonds is 7. The molecule has 0 aliphatic carbocycles. The summed E-state index contributed by atoms with van der Waals surface area (Å²) >= 11 is 0. The van der Waals surface area contributed by atoms with Crippen molar-refractivity contribution in [1.82, 2.24) is 20.4 Å². The topological polar surface area (TPSA) is 108 Å². The summed E-state index contributed by atoms with van der Waals surface area (Å²) in [6.07, 6.45) is 5.98. The average molecular weight is 393 g/mol. The van der Waals surface area contributed by atoms with Crippen LogP contribution in [-0.2, 0) is 0 Å². The van der Waals surface area contributed by atoms with E-state index < -0.39 is 5.91 Å². The Balaban J connectivity index is 1.72. The van der Waals surface area contributed by atoms with Gasteiger partial charge in [0.25, 0.3) is 5.91 Å². The van der Waals surface area contributed by atoms with E-state index in [1.807, 2.05) is 0 Å². The van der Waals surface area contributed by atoms with Gasteiger partial charge in [0.2, 0.25) is 5.88 Å². The first kappa shape index (κ1) is 19.7. The summed E-state index contributed by atoms with van der Waals surface area (Å²) in [5, 5.41) is 3.96. The molecule has 1 N–H and O–H groups in total. The van der Waals surface area contributed by atoms with Crippen molar-refractivity contribution >= 4 is 12.1 Å². The number of nitrogens with one attached hydrogen (secondary N) is 1. The van der Waals surface area contributed by atoms with Crippen molar-refractivity contribution in [3.8, 4) is 28.6 Å². The van der Waals surface area contributed by atoms with Gasteiger partial charge < -0.3 is 14.2 Å². The molecule has 0 aliphatic rings. The summed E-state index contributed by atoms with van der Waals surface area (Å²) in [6, 6.07) is 8.75. The van der Waals surface area contributed by atoms with Crippen LogP contribution in [0.5, 0.6) is 17.4 Å². The van der Waals surface area contributed by atoms with Gasteiger partial charge in [-0.15, -0.1) is 0 Å². The summed E-state index contributed by atoms with van der Waals surface area (Å²) < 4.78 is 15.4. The van der Waals surface area contributed by atoms with E-state index in [1.165, 1.54) is 19.5 Å². The van der Waals surface area contributed by atoms with Crippen molar-refractivity contribution in [3.63, 3.8) is 0 Å². The lowest BCUT2D eigenvalue weighted by atomic mass is 10.2. The average Bonchev–Trinajstić information content (AvgIpc) is 2.78. The Morgan fingerprint density at radius 1 is 1.00 bits per heavy atom. The highest BCUT2D eigenvalue weighted by Crippen LogP contribution is 2.21. The fourth-order valence-electron chi connectivity index (χ4n) is 2.39. The second-order valence-corrected chi connectivity index (χ2v) is 5.72. The van der Waals surface area contributed by atoms with E-state index in [2.05, 4.69) is 25.5 Å². The van der Waals surface area contributed by atoms with Crippen LogP contribution < -0.4 is 19.6 Å². The smallest absolute Gasteiger partial charge is 0.291 e. The van der Waals surface area contributed by atoms with Crippen LogP contribution >= 0.6 is 0 Å². The molecule has 0 atom stereocenters. The summed E-state index contributed by atoms with van der Waals surface area (Å²) in [6.45, 7) is 0. The van der Waals surface area contributed by atoms with E-state index in [0.717, 1.165) is 0 Å². The molecule has 29 heavy (non-hydrogen) atoms. The lowest BCUT2D eigenvalue weighted by molar-refractivity contribution is 0.0950. The fourth-order valence-corrected chi connectivity index (χ4v) is 2.39. The Hall–Kier alpha value is -4.01. The highest BCUT2D eigenvalue weighted by atomic mass is 16.5. The Kier molecular flexibility index (Phi) is 6.31. The molecule has 1 aromatic carbocycles. The number of ether oxygens (including phenoxy) is 3. The van der Waals surface area contributed by atoms with Crippen molar-refractivity contribution in [2.75, 3.05) is 21.3 Å². The maximum atomic E-state index is 12.4. The van der Waals surface area contributed by atoms with Gasteiger partial charge in [0.15, 0.2) is 0 Å². The molecule has 9 heteroatoms. The SMILES string of the molecule is COc1cc(/C=N/NC(=O)c2cncc(-c3ccc(OC)nc3)n2)cc(OC)c1. The second-order valence-electron chi connectivity index (χ2n) is 5.72. The molecule has 2 heterocycles. The monoisotopic (exact) mass is 393 g/mol. The number of hydrogen-bond acceptors (Lipinski definition) is 8. The number of benzene rings is 1. The highest BCUT2D eigenvalue weighted by molar-refractivity contribution is 5.93. The quantitative estimate of drug-likeness (QED) is 0.485. The Morgan fingerprint density at radius 3 is 2.38 bits per heavy atom. The molecule has 0 saturated carbocycles. The van der Waals surface area contributed by atoms with Crippen LogP contribution in [0, 0.1) is 0 Å². The molecule has 148 valence electrons. The zero-order valence-electron chi connectivity index (χ0n) is 16.1. The van der Waals surface area contributed by atoms with Crippen LogP contribution in [-0.4, -0.2) is 48.4 Å². The molecule has 0 unspecified atom stereocenters. The number of aromatic nitrogens is 3. The van der Waals surface area contributed by atoms with Crippen LogP contribution in [0.3, 0.4) is 0 Å². The zero-order valence-corrected chi connectivity index (χ0v) is 16.1. The molecule has 2 aromatic heterocycles. The molecular formula is C20H19N5O4. The molecule has 3 aromatic rings. The second kappa shape index (κ2) is 9.27. The number of hydrogen-bond donors (Lipinski definition) is 1. The highest BCUT2D eigenvalue weighted by Gasteiger charge is 2.10.